The molecule has 0 bridgehead atoms. The van der Waals surface area contributed by atoms with Crippen LogP contribution in [0.15, 0.2) is 85.2 Å². The Balaban J connectivity index is 1.60. The number of methoxy groups -OCH3 is 1. The second-order valence-corrected chi connectivity index (χ2v) is 10.8. The van der Waals surface area contributed by atoms with E-state index in [9.17, 15) is 9.90 Å². The van der Waals surface area contributed by atoms with Crippen molar-refractivity contribution in [3.63, 3.8) is 0 Å². The van der Waals surface area contributed by atoms with Gasteiger partial charge in [-0.15, -0.1) is 0 Å². The van der Waals surface area contributed by atoms with Crippen LogP contribution in [0.3, 0.4) is 0 Å². The molecule has 0 aliphatic carbocycles. The number of nitrogens with one attached hydrogen (secondary N) is 2. The van der Waals surface area contributed by atoms with E-state index in [0.29, 0.717) is 16.5 Å². The van der Waals surface area contributed by atoms with Gasteiger partial charge < -0.3 is 29.9 Å². The highest BCUT2D eigenvalue weighted by Gasteiger charge is 2.42. The first-order valence-corrected chi connectivity index (χ1v) is 13.0. The molecule has 4 aromatic rings. The summed E-state index contributed by atoms with van der Waals surface area (Å²) in [4.78, 5) is 19.4. The van der Waals surface area contributed by atoms with E-state index in [0.717, 1.165) is 22.8 Å². The first-order chi connectivity index (χ1) is 18.7. The van der Waals surface area contributed by atoms with Gasteiger partial charge in [0.15, 0.2) is 5.11 Å². The quantitative estimate of drug-likeness (QED) is 0.268. The van der Waals surface area contributed by atoms with Crippen LogP contribution in [0.1, 0.15) is 44.2 Å². The van der Waals surface area contributed by atoms with Crippen molar-refractivity contribution in [2.75, 3.05) is 17.3 Å². The zero-order valence-corrected chi connectivity index (χ0v) is 23.1. The Morgan fingerprint density at radius 2 is 1.79 bits per heavy atom. The number of ether oxygens (including phenoxy) is 1. The van der Waals surface area contributed by atoms with E-state index < -0.39 is 5.41 Å². The molecule has 2 aromatic carbocycles. The predicted molar refractivity (Wildman–Crippen MR) is 156 cm³/mol. The lowest BCUT2D eigenvalue weighted by molar-refractivity contribution is -0.123. The lowest BCUT2D eigenvalue weighted by Crippen LogP contribution is -2.30. The maximum Gasteiger partial charge on any atom is 0.229 e. The highest BCUT2D eigenvalue weighted by molar-refractivity contribution is 7.80. The van der Waals surface area contributed by atoms with Gasteiger partial charge in [0.1, 0.15) is 17.5 Å². The summed E-state index contributed by atoms with van der Waals surface area (Å²) in [7, 11) is 1.58. The number of aromatic hydroxyl groups is 1. The Hall–Kier alpha value is -4.37. The van der Waals surface area contributed by atoms with Crippen LogP contribution in [0.25, 0.3) is 5.69 Å². The van der Waals surface area contributed by atoms with E-state index in [1.807, 2.05) is 81.6 Å². The summed E-state index contributed by atoms with van der Waals surface area (Å²) in [5, 5.41) is 16.8. The molecule has 0 unspecified atom stereocenters. The summed E-state index contributed by atoms with van der Waals surface area (Å²) in [5.74, 6) is 0.628. The molecule has 1 saturated heterocycles. The van der Waals surface area contributed by atoms with Crippen molar-refractivity contribution < 1.29 is 14.6 Å². The third-order valence-corrected chi connectivity index (χ3v) is 7.02. The number of phenolic OH excluding ortho intramolecular Hbond substituents is 1. The van der Waals surface area contributed by atoms with Crippen molar-refractivity contribution in [1.29, 1.82) is 0 Å². The Bertz CT molecular complexity index is 1500. The Morgan fingerprint density at radius 3 is 2.46 bits per heavy atom. The number of rotatable bonds is 6. The molecular formula is C30H31N5O3S. The third-order valence-electron chi connectivity index (χ3n) is 6.70. The molecule has 2 atom stereocenters. The molecule has 1 aliphatic heterocycles. The minimum atomic E-state index is -0.551. The minimum Gasteiger partial charge on any atom is -0.508 e. The molecule has 39 heavy (non-hydrogen) atoms. The van der Waals surface area contributed by atoms with E-state index in [4.69, 9.17) is 17.0 Å². The first-order valence-electron chi connectivity index (χ1n) is 12.6. The van der Waals surface area contributed by atoms with Gasteiger partial charge in [0.05, 0.1) is 24.5 Å². The number of phenols is 1. The van der Waals surface area contributed by atoms with Gasteiger partial charge in [0.25, 0.3) is 0 Å². The maximum atomic E-state index is 12.7. The summed E-state index contributed by atoms with van der Waals surface area (Å²) in [6.45, 7) is 5.59. The van der Waals surface area contributed by atoms with E-state index in [-0.39, 0.29) is 23.7 Å². The molecule has 200 valence electrons. The lowest BCUT2D eigenvalue weighted by atomic mass is 9.95. The summed E-state index contributed by atoms with van der Waals surface area (Å²) in [6, 6.07) is 22.1. The highest BCUT2D eigenvalue weighted by atomic mass is 32.1. The molecule has 2 aromatic heterocycles. The number of carbonyl (C=O) groups is 1. The van der Waals surface area contributed by atoms with Crippen LogP contribution in [-0.2, 0) is 4.79 Å². The summed E-state index contributed by atoms with van der Waals surface area (Å²) >= 11 is 5.89. The number of hydrogen-bond acceptors (Lipinski definition) is 5. The molecular weight excluding hydrogens is 510 g/mol. The van der Waals surface area contributed by atoms with Crippen LogP contribution in [-0.4, -0.2) is 32.8 Å². The van der Waals surface area contributed by atoms with E-state index in [1.165, 1.54) is 0 Å². The van der Waals surface area contributed by atoms with Crippen LogP contribution in [0, 0.1) is 5.41 Å². The number of thiocarbonyl (C=S) groups is 1. The Labute approximate surface area is 233 Å². The number of benzene rings is 2. The minimum absolute atomic E-state index is 0.105. The fraction of sp³-hybridized carbons (Fsp3) is 0.233. The van der Waals surface area contributed by atoms with Gasteiger partial charge in [-0.05, 0) is 72.9 Å². The largest absolute Gasteiger partial charge is 0.508 e. The van der Waals surface area contributed by atoms with Gasteiger partial charge in [-0.2, -0.15) is 0 Å². The smallest absolute Gasteiger partial charge is 0.229 e. The van der Waals surface area contributed by atoms with Crippen molar-refractivity contribution in [2.24, 2.45) is 5.41 Å². The summed E-state index contributed by atoms with van der Waals surface area (Å²) in [5.41, 5.74) is 3.58. The highest BCUT2D eigenvalue weighted by Crippen LogP contribution is 2.44. The average Bonchev–Trinajstić information content (AvgIpc) is 3.53. The van der Waals surface area contributed by atoms with E-state index in [2.05, 4.69) is 31.2 Å². The topological polar surface area (TPSA) is 91.7 Å². The molecule has 1 amide bonds. The number of carbonyl (C=O) groups excluding carboxylic acids is 1. The molecule has 9 heteroatoms. The van der Waals surface area contributed by atoms with Crippen LogP contribution in [0.2, 0.25) is 0 Å². The molecule has 1 fully saturated rings. The maximum absolute atomic E-state index is 12.7. The van der Waals surface area contributed by atoms with Gasteiger partial charge in [-0.25, -0.2) is 0 Å². The zero-order chi connectivity index (χ0) is 27.7. The average molecular weight is 542 g/mol. The number of anilines is 2. The second kappa shape index (κ2) is 10.4. The molecule has 8 nitrogen and oxygen atoms in total. The number of aromatic nitrogens is 2. The van der Waals surface area contributed by atoms with Crippen LogP contribution in [0.5, 0.6) is 11.5 Å². The van der Waals surface area contributed by atoms with Crippen molar-refractivity contribution >= 4 is 34.6 Å². The number of hydrogen-bond donors (Lipinski definition) is 3. The third kappa shape index (κ3) is 5.18. The fourth-order valence-electron chi connectivity index (χ4n) is 4.66. The van der Waals surface area contributed by atoms with Gasteiger partial charge in [-0.1, -0.05) is 26.8 Å². The van der Waals surface area contributed by atoms with Crippen LogP contribution in [0.4, 0.5) is 11.4 Å². The van der Waals surface area contributed by atoms with E-state index >= 15 is 0 Å². The number of nitrogens with zero attached hydrogens (tertiary/aromatic N) is 3. The van der Waals surface area contributed by atoms with Crippen LogP contribution >= 0.6 is 12.2 Å². The molecule has 3 N–H and O–H groups in total. The monoisotopic (exact) mass is 541 g/mol. The van der Waals surface area contributed by atoms with Crippen molar-refractivity contribution in [1.82, 2.24) is 14.9 Å². The molecule has 5 rings (SSSR count). The number of pyridine rings is 1. The normalized spacial score (nSPS) is 17.1. The fourth-order valence-corrected chi connectivity index (χ4v) is 5.01. The van der Waals surface area contributed by atoms with Gasteiger partial charge in [0, 0.05) is 40.9 Å². The summed E-state index contributed by atoms with van der Waals surface area (Å²) < 4.78 is 7.77. The predicted octanol–water partition coefficient (Wildman–Crippen LogP) is 5.75. The van der Waals surface area contributed by atoms with Crippen LogP contribution < -0.4 is 20.3 Å². The van der Waals surface area contributed by atoms with Crippen molar-refractivity contribution in [3.8, 4) is 17.2 Å². The molecule has 0 spiro atoms. The van der Waals surface area contributed by atoms with Gasteiger partial charge in [-0.3, -0.25) is 9.78 Å². The SMILES string of the molecule is COc1cc(N2C(=S)N[C@H](c3ccccn3)[C@H]2c2cccn2-c2ccc(O)cc2)ccc1NC(=O)C(C)(C)C. The van der Waals surface area contributed by atoms with Crippen molar-refractivity contribution in [2.45, 2.75) is 32.9 Å². The standard InChI is InChI=1S/C30H31N5O3S/c1-30(2,3)28(37)32-22-15-12-20(18-25(22)38-4)35-27(26(33-29(35)39)23-8-5-6-16-31-23)24-9-7-17-34(24)19-10-13-21(36)14-11-19/h5-18,26-27,36H,1-4H3,(H,32,37)(H,33,39)/t26-,27-/m1/s1. The van der Waals surface area contributed by atoms with Gasteiger partial charge >= 0.3 is 0 Å². The molecule has 1 aliphatic rings. The Kier molecular flexibility index (Phi) is 7.01. The first kappa shape index (κ1) is 26.2. The molecule has 0 saturated carbocycles. The zero-order valence-electron chi connectivity index (χ0n) is 22.3. The van der Waals surface area contributed by atoms with Crippen molar-refractivity contribution in [3.05, 3.63) is 96.6 Å². The molecule has 0 radical (unpaired) electrons. The second-order valence-electron chi connectivity index (χ2n) is 10.4. The summed E-state index contributed by atoms with van der Waals surface area (Å²) in [6.07, 6.45) is 3.76. The lowest BCUT2D eigenvalue weighted by Gasteiger charge is -2.29. The van der Waals surface area contributed by atoms with E-state index in [1.54, 1.807) is 25.4 Å². The molecule has 3 heterocycles. The van der Waals surface area contributed by atoms with Gasteiger partial charge in [0.2, 0.25) is 5.91 Å². The Morgan fingerprint density at radius 1 is 1.05 bits per heavy atom. The number of amides is 1.